The van der Waals surface area contributed by atoms with Crippen LogP contribution >= 0.6 is 22.9 Å². The molecule has 0 spiro atoms. The fraction of sp³-hybridized carbons (Fsp3) is 0.350. The molecule has 4 rings (SSSR count). The quantitative estimate of drug-likeness (QED) is 0.669. The van der Waals surface area contributed by atoms with Crippen LogP contribution < -0.4 is 5.63 Å². The average Bonchev–Trinajstić information content (AvgIpc) is 3.05. The topological polar surface area (TPSA) is 56.9 Å². The summed E-state index contributed by atoms with van der Waals surface area (Å²) >= 11 is 7.65. The van der Waals surface area contributed by atoms with Gasteiger partial charge in [-0.15, -0.1) is 11.3 Å². The molecule has 1 N–H and O–H groups in total. The maximum absolute atomic E-state index is 12.0. The number of aryl methyl sites for hydroxylation is 1. The number of fused-ring (bicyclic) bond motifs is 1. The molecular formula is C20H21ClN2O3S. The number of aromatic hydroxyl groups is 1. The Kier molecular flexibility index (Phi) is 5.23. The van der Waals surface area contributed by atoms with Crippen LogP contribution in [0.2, 0.25) is 4.34 Å². The number of hydrogen-bond donors (Lipinski definition) is 1. The molecule has 1 saturated heterocycles. The Balaban J connectivity index is 1.46. The molecule has 0 atom stereocenters. The number of hydrogen-bond acceptors (Lipinski definition) is 6. The fourth-order valence-corrected chi connectivity index (χ4v) is 4.68. The van der Waals surface area contributed by atoms with Crippen molar-refractivity contribution in [1.29, 1.82) is 0 Å². The van der Waals surface area contributed by atoms with Gasteiger partial charge in [0.2, 0.25) is 0 Å². The summed E-state index contributed by atoms with van der Waals surface area (Å²) in [5.74, 6) is 0.144. The highest BCUT2D eigenvalue weighted by molar-refractivity contribution is 7.16. The Hall–Kier alpha value is -1.86. The monoisotopic (exact) mass is 404 g/mol. The number of piperazine rings is 1. The lowest BCUT2D eigenvalue weighted by molar-refractivity contribution is 0.123. The average molecular weight is 405 g/mol. The van der Waals surface area contributed by atoms with Crippen LogP contribution in [0.3, 0.4) is 0 Å². The second-order valence-electron chi connectivity index (χ2n) is 6.94. The number of phenols is 1. The van der Waals surface area contributed by atoms with Crippen LogP contribution in [0.5, 0.6) is 5.75 Å². The van der Waals surface area contributed by atoms with Crippen LogP contribution in [-0.4, -0.2) is 41.1 Å². The first-order chi connectivity index (χ1) is 13.0. The second-order valence-corrected chi connectivity index (χ2v) is 8.73. The molecule has 1 aliphatic rings. The lowest BCUT2D eigenvalue weighted by Gasteiger charge is -2.34. The first-order valence-corrected chi connectivity index (χ1v) is 10.1. The van der Waals surface area contributed by atoms with Crippen molar-refractivity contribution < 1.29 is 9.52 Å². The van der Waals surface area contributed by atoms with Crippen molar-refractivity contribution in [2.75, 3.05) is 26.2 Å². The molecule has 0 amide bonds. The zero-order valence-corrected chi connectivity index (χ0v) is 16.6. The van der Waals surface area contributed by atoms with Gasteiger partial charge < -0.3 is 9.52 Å². The molecule has 3 aromatic rings. The van der Waals surface area contributed by atoms with Crippen LogP contribution in [-0.2, 0) is 13.1 Å². The maximum Gasteiger partial charge on any atom is 0.336 e. The lowest BCUT2D eigenvalue weighted by atomic mass is 10.1. The van der Waals surface area contributed by atoms with Gasteiger partial charge in [-0.25, -0.2) is 4.79 Å². The van der Waals surface area contributed by atoms with Crippen LogP contribution in [0, 0.1) is 6.92 Å². The van der Waals surface area contributed by atoms with E-state index in [0.717, 1.165) is 48.0 Å². The van der Waals surface area contributed by atoms with Gasteiger partial charge in [-0.05, 0) is 36.8 Å². The van der Waals surface area contributed by atoms with Crippen molar-refractivity contribution in [2.24, 2.45) is 0 Å². The van der Waals surface area contributed by atoms with Gasteiger partial charge in [0.25, 0.3) is 0 Å². The minimum Gasteiger partial charge on any atom is -0.508 e. The summed E-state index contributed by atoms with van der Waals surface area (Å²) in [6.07, 6.45) is 0. The fourth-order valence-electron chi connectivity index (χ4n) is 3.55. The summed E-state index contributed by atoms with van der Waals surface area (Å²) in [6, 6.07) is 9.09. The van der Waals surface area contributed by atoms with Crippen molar-refractivity contribution in [2.45, 2.75) is 20.0 Å². The summed E-state index contributed by atoms with van der Waals surface area (Å²) in [7, 11) is 0. The number of rotatable bonds is 4. The highest BCUT2D eigenvalue weighted by Gasteiger charge is 2.19. The highest BCUT2D eigenvalue weighted by atomic mass is 35.5. The van der Waals surface area contributed by atoms with Gasteiger partial charge in [-0.3, -0.25) is 9.80 Å². The second kappa shape index (κ2) is 7.64. The van der Waals surface area contributed by atoms with Gasteiger partial charge in [0.1, 0.15) is 11.3 Å². The van der Waals surface area contributed by atoms with Crippen molar-refractivity contribution in [3.8, 4) is 5.75 Å². The Morgan fingerprint density at radius 2 is 1.81 bits per heavy atom. The van der Waals surface area contributed by atoms with Gasteiger partial charge in [-0.2, -0.15) is 0 Å². The van der Waals surface area contributed by atoms with E-state index in [9.17, 15) is 9.90 Å². The molecule has 0 aliphatic carbocycles. The summed E-state index contributed by atoms with van der Waals surface area (Å²) in [4.78, 5) is 18.1. The van der Waals surface area contributed by atoms with Crippen LogP contribution in [0.25, 0.3) is 11.0 Å². The first kappa shape index (κ1) is 18.5. The van der Waals surface area contributed by atoms with Gasteiger partial charge in [0.05, 0.1) is 4.34 Å². The van der Waals surface area contributed by atoms with E-state index < -0.39 is 0 Å². The molecule has 1 aromatic carbocycles. The minimum absolute atomic E-state index is 0.144. The predicted octanol–water partition coefficient (Wildman–Crippen LogP) is 3.84. The molecule has 0 radical (unpaired) electrons. The van der Waals surface area contributed by atoms with Crippen LogP contribution in [0.1, 0.15) is 16.0 Å². The molecule has 27 heavy (non-hydrogen) atoms. The molecule has 1 fully saturated rings. The molecule has 1 aliphatic heterocycles. The Morgan fingerprint density at radius 3 is 2.48 bits per heavy atom. The first-order valence-electron chi connectivity index (χ1n) is 8.94. The van der Waals surface area contributed by atoms with Gasteiger partial charge in [0, 0.05) is 61.2 Å². The van der Waals surface area contributed by atoms with Crippen molar-refractivity contribution in [3.05, 3.63) is 61.1 Å². The third kappa shape index (κ3) is 4.04. The van der Waals surface area contributed by atoms with E-state index in [4.69, 9.17) is 16.0 Å². The Morgan fingerprint density at radius 1 is 1.11 bits per heavy atom. The smallest absolute Gasteiger partial charge is 0.336 e. The van der Waals surface area contributed by atoms with E-state index in [1.807, 2.05) is 12.1 Å². The summed E-state index contributed by atoms with van der Waals surface area (Å²) in [5, 5.41) is 10.8. The molecule has 0 saturated carbocycles. The normalized spacial score (nSPS) is 16.2. The molecular weight excluding hydrogens is 384 g/mol. The van der Waals surface area contributed by atoms with Crippen molar-refractivity contribution in [3.63, 3.8) is 0 Å². The summed E-state index contributed by atoms with van der Waals surface area (Å²) in [5.41, 5.74) is 1.65. The lowest BCUT2D eigenvalue weighted by Crippen LogP contribution is -2.45. The Bertz CT molecular complexity index is 1020. The molecule has 5 nitrogen and oxygen atoms in total. The van der Waals surface area contributed by atoms with Crippen LogP contribution in [0.4, 0.5) is 0 Å². The number of nitrogens with zero attached hydrogens (tertiary/aromatic N) is 2. The van der Waals surface area contributed by atoms with E-state index in [1.165, 1.54) is 4.88 Å². The Labute approximate surface area is 166 Å². The maximum atomic E-state index is 12.0. The highest BCUT2D eigenvalue weighted by Crippen LogP contribution is 2.28. The number of benzene rings is 1. The largest absolute Gasteiger partial charge is 0.508 e. The molecule has 0 unspecified atom stereocenters. The zero-order chi connectivity index (χ0) is 19.0. The van der Waals surface area contributed by atoms with Gasteiger partial charge in [0.15, 0.2) is 0 Å². The predicted molar refractivity (Wildman–Crippen MR) is 109 cm³/mol. The molecule has 2 aromatic heterocycles. The number of halogens is 1. The van der Waals surface area contributed by atoms with Gasteiger partial charge >= 0.3 is 5.63 Å². The summed E-state index contributed by atoms with van der Waals surface area (Å²) < 4.78 is 6.17. The third-order valence-corrected chi connectivity index (χ3v) is 6.30. The van der Waals surface area contributed by atoms with E-state index in [0.29, 0.717) is 17.7 Å². The minimum atomic E-state index is -0.376. The molecule has 0 bridgehead atoms. The van der Waals surface area contributed by atoms with Crippen molar-refractivity contribution >= 4 is 33.9 Å². The molecule has 7 heteroatoms. The van der Waals surface area contributed by atoms with E-state index in [-0.39, 0.29) is 11.4 Å². The molecule has 3 heterocycles. The van der Waals surface area contributed by atoms with Gasteiger partial charge in [-0.1, -0.05) is 11.6 Å². The van der Waals surface area contributed by atoms with E-state index in [2.05, 4.69) is 15.9 Å². The zero-order valence-electron chi connectivity index (χ0n) is 15.1. The third-order valence-electron chi connectivity index (χ3n) is 5.09. The SMILES string of the molecule is Cc1c(O)ccc2c(CN3CCN(Cc4ccc(Cl)s4)CC3)cc(=O)oc12. The van der Waals surface area contributed by atoms with Crippen molar-refractivity contribution in [1.82, 2.24) is 9.80 Å². The summed E-state index contributed by atoms with van der Waals surface area (Å²) in [6.45, 7) is 7.24. The number of phenolic OH excluding ortho intramolecular Hbond substituents is 1. The van der Waals surface area contributed by atoms with Crippen LogP contribution in [0.15, 0.2) is 39.5 Å². The number of thiophene rings is 1. The standard InChI is InChI=1S/C20H21ClN2O3S/c1-13-17(24)4-3-16-14(10-19(25)26-20(13)16)11-22-6-8-23(9-7-22)12-15-2-5-18(21)27-15/h2-5,10,24H,6-9,11-12H2,1H3. The molecule has 142 valence electrons. The van der Waals surface area contributed by atoms with E-state index >= 15 is 0 Å². The van der Waals surface area contributed by atoms with E-state index in [1.54, 1.807) is 30.4 Å².